The van der Waals surface area contributed by atoms with Crippen molar-refractivity contribution < 1.29 is 0 Å². The molecule has 0 unspecified atom stereocenters. The van der Waals surface area contributed by atoms with E-state index in [1.807, 2.05) is 0 Å². The van der Waals surface area contributed by atoms with E-state index in [1.54, 1.807) is 0 Å². The van der Waals surface area contributed by atoms with E-state index >= 15 is 0 Å². The van der Waals surface area contributed by atoms with E-state index in [-0.39, 0.29) is 0 Å². The van der Waals surface area contributed by atoms with Crippen molar-refractivity contribution in [2.45, 2.75) is 124 Å². The molecule has 0 atom stereocenters. The van der Waals surface area contributed by atoms with Gasteiger partial charge in [-0.15, -0.1) is 0 Å². The third-order valence-corrected chi connectivity index (χ3v) is 11.1. The van der Waals surface area contributed by atoms with Crippen molar-refractivity contribution in [3.63, 3.8) is 0 Å². The van der Waals surface area contributed by atoms with E-state index in [9.17, 15) is 0 Å². The average Bonchev–Trinajstić information content (AvgIpc) is 4.01. The Labute approximate surface area is 329 Å². The summed E-state index contributed by atoms with van der Waals surface area (Å²) >= 11 is 0. The fraction of sp³-hybridized carbons (Fsp3) is 0.373. The van der Waals surface area contributed by atoms with Crippen LogP contribution in [0, 0.1) is 6.92 Å². The first-order chi connectivity index (χ1) is 27.0. The molecule has 55 heavy (non-hydrogen) atoms. The van der Waals surface area contributed by atoms with Gasteiger partial charge in [0.2, 0.25) is 0 Å². The molecule has 3 aromatic heterocycles. The molecule has 0 aliphatic carbocycles. The van der Waals surface area contributed by atoms with Crippen LogP contribution in [0.1, 0.15) is 143 Å². The minimum Gasteiger partial charge on any atom is -0.355 e. The van der Waals surface area contributed by atoms with Crippen molar-refractivity contribution in [3.8, 4) is 22.3 Å². The highest BCUT2D eigenvalue weighted by Crippen LogP contribution is 2.34. The first kappa shape index (κ1) is 38.3. The molecule has 4 heteroatoms. The molecule has 8 bridgehead atoms. The Bertz CT molecular complexity index is 2280. The normalized spacial score (nSPS) is 12.2. The monoisotopic (exact) mass is 728 g/mol. The standard InChI is InChI=1S/C51H60N4/c1-5-8-11-14-17-37-28-36(4)29-40(31-37)50-46-24-20-42(52-46)34-44-22-26-48(54-44)51(49-27-23-45(55-49)35-43-21-25-47(50)53-43)41-32-38(18-15-12-9-6-2)30-39(33-41)19-16-13-10-7-3/h20-35,52,55H,5-19H2,1-4H3. The van der Waals surface area contributed by atoms with Crippen molar-refractivity contribution >= 4 is 46.4 Å². The second-order valence-corrected chi connectivity index (χ2v) is 15.9. The van der Waals surface area contributed by atoms with Gasteiger partial charge in [0.1, 0.15) is 0 Å². The van der Waals surface area contributed by atoms with E-state index in [0.717, 1.165) is 75.2 Å². The highest BCUT2D eigenvalue weighted by Gasteiger charge is 2.15. The van der Waals surface area contributed by atoms with Crippen LogP contribution in [0.4, 0.5) is 0 Å². The van der Waals surface area contributed by atoms with Crippen molar-refractivity contribution in [1.82, 2.24) is 19.9 Å². The number of benzene rings is 2. The van der Waals surface area contributed by atoms with Crippen molar-refractivity contribution in [2.24, 2.45) is 0 Å². The Morgan fingerprint density at radius 3 is 1.33 bits per heavy atom. The molecule has 0 saturated carbocycles. The summed E-state index contributed by atoms with van der Waals surface area (Å²) in [5.74, 6) is 0. The van der Waals surface area contributed by atoms with Crippen LogP contribution in [-0.2, 0) is 19.3 Å². The number of rotatable bonds is 17. The molecule has 0 saturated heterocycles. The molecule has 2 aliphatic rings. The molecule has 2 aliphatic heterocycles. The van der Waals surface area contributed by atoms with Gasteiger partial charge in [0, 0.05) is 33.2 Å². The predicted molar refractivity (Wildman–Crippen MR) is 238 cm³/mol. The van der Waals surface area contributed by atoms with E-state index in [1.165, 1.54) is 110 Å². The summed E-state index contributed by atoms with van der Waals surface area (Å²) in [6.45, 7) is 9.07. The second-order valence-electron chi connectivity index (χ2n) is 15.9. The lowest BCUT2D eigenvalue weighted by molar-refractivity contribution is 0.661. The maximum atomic E-state index is 5.29. The molecular weight excluding hydrogens is 669 g/mol. The van der Waals surface area contributed by atoms with Crippen molar-refractivity contribution in [3.05, 3.63) is 118 Å². The van der Waals surface area contributed by atoms with E-state index in [4.69, 9.17) is 9.97 Å². The number of aryl methyl sites for hydroxylation is 4. The maximum absolute atomic E-state index is 5.29. The maximum Gasteiger partial charge on any atom is 0.0736 e. The Morgan fingerprint density at radius 2 is 0.873 bits per heavy atom. The molecule has 0 radical (unpaired) electrons. The molecule has 284 valence electrons. The van der Waals surface area contributed by atoms with Crippen molar-refractivity contribution in [1.29, 1.82) is 0 Å². The summed E-state index contributed by atoms with van der Waals surface area (Å²) in [6.07, 6.45) is 27.2. The zero-order valence-electron chi connectivity index (χ0n) is 33.7. The molecule has 2 aromatic carbocycles. The number of hydrogen-bond donors (Lipinski definition) is 2. The zero-order chi connectivity index (χ0) is 38.0. The van der Waals surface area contributed by atoms with Gasteiger partial charge < -0.3 is 9.97 Å². The third kappa shape index (κ3) is 9.84. The fourth-order valence-electron chi connectivity index (χ4n) is 8.29. The van der Waals surface area contributed by atoms with Crippen LogP contribution in [0.3, 0.4) is 0 Å². The number of aromatic nitrogens is 4. The van der Waals surface area contributed by atoms with Crippen LogP contribution in [-0.4, -0.2) is 19.9 Å². The molecule has 5 heterocycles. The zero-order valence-corrected chi connectivity index (χ0v) is 33.7. The van der Waals surface area contributed by atoms with Crippen molar-refractivity contribution in [2.75, 3.05) is 0 Å². The Hall–Kier alpha value is -4.96. The van der Waals surface area contributed by atoms with Crippen LogP contribution < -0.4 is 0 Å². The van der Waals surface area contributed by atoms with Crippen LogP contribution in [0.5, 0.6) is 0 Å². The van der Waals surface area contributed by atoms with Gasteiger partial charge in [-0.1, -0.05) is 121 Å². The highest BCUT2D eigenvalue weighted by atomic mass is 14.8. The molecule has 0 spiro atoms. The minimum atomic E-state index is 0.942. The molecule has 2 N–H and O–H groups in total. The van der Waals surface area contributed by atoms with Gasteiger partial charge in [-0.3, -0.25) is 0 Å². The van der Waals surface area contributed by atoms with Gasteiger partial charge in [0.25, 0.3) is 0 Å². The summed E-state index contributed by atoms with van der Waals surface area (Å²) in [4.78, 5) is 18.1. The molecule has 4 nitrogen and oxygen atoms in total. The molecule has 5 aromatic rings. The molecular formula is C51H60N4. The summed E-state index contributed by atoms with van der Waals surface area (Å²) in [5.41, 5.74) is 18.3. The van der Waals surface area contributed by atoms with Gasteiger partial charge in [-0.2, -0.15) is 0 Å². The number of H-pyrrole nitrogens is 2. The molecule has 7 rings (SSSR count). The number of fused-ring (bicyclic) bond motifs is 8. The Kier molecular flexibility index (Phi) is 12.9. The van der Waals surface area contributed by atoms with E-state index in [0.29, 0.717) is 0 Å². The number of unbranched alkanes of at least 4 members (excludes halogenated alkanes) is 9. The van der Waals surface area contributed by atoms with E-state index in [2.05, 4.69) is 135 Å². The van der Waals surface area contributed by atoms with Gasteiger partial charge >= 0.3 is 0 Å². The number of hydrogen-bond acceptors (Lipinski definition) is 2. The Balaban J connectivity index is 1.37. The Morgan fingerprint density at radius 1 is 0.436 bits per heavy atom. The summed E-state index contributed by atoms with van der Waals surface area (Å²) in [6, 6.07) is 27.5. The number of nitrogens with zero attached hydrogens (tertiary/aromatic N) is 2. The lowest BCUT2D eigenvalue weighted by Gasteiger charge is -2.12. The summed E-state index contributed by atoms with van der Waals surface area (Å²) in [7, 11) is 0. The van der Waals surface area contributed by atoms with Crippen LogP contribution >= 0.6 is 0 Å². The smallest absolute Gasteiger partial charge is 0.0736 e. The fourth-order valence-corrected chi connectivity index (χ4v) is 8.29. The predicted octanol–water partition coefficient (Wildman–Crippen LogP) is 14.7. The molecule has 0 fully saturated rings. The SMILES string of the molecule is CCCCCCc1cc(C)cc(-c2c3nc(cc4ccc([nH]4)c(-c4cc(CCCCCC)cc(CCCCCC)c4)c4nc(cc5ccc2[nH]5)C=C4)C=C3)c1. The van der Waals surface area contributed by atoms with Gasteiger partial charge in [0.05, 0.1) is 22.8 Å². The highest BCUT2D eigenvalue weighted by molar-refractivity contribution is 5.93. The van der Waals surface area contributed by atoms with E-state index < -0.39 is 0 Å². The van der Waals surface area contributed by atoms with Crippen LogP contribution in [0.15, 0.2) is 72.8 Å². The number of aromatic amines is 2. The van der Waals surface area contributed by atoms with Crippen LogP contribution in [0.25, 0.3) is 68.6 Å². The largest absolute Gasteiger partial charge is 0.355 e. The van der Waals surface area contributed by atoms with Crippen LogP contribution in [0.2, 0.25) is 0 Å². The van der Waals surface area contributed by atoms with Gasteiger partial charge in [-0.05, 0) is 134 Å². The minimum absolute atomic E-state index is 0.942. The van der Waals surface area contributed by atoms with Gasteiger partial charge in [0.15, 0.2) is 0 Å². The molecule has 0 amide bonds. The third-order valence-electron chi connectivity index (χ3n) is 11.1. The topological polar surface area (TPSA) is 57.4 Å². The second kappa shape index (κ2) is 18.6. The first-order valence-corrected chi connectivity index (χ1v) is 21.3. The first-order valence-electron chi connectivity index (χ1n) is 21.3. The quantitative estimate of drug-likeness (QED) is 0.0917. The number of nitrogens with one attached hydrogen (secondary N) is 2. The average molecular weight is 729 g/mol. The summed E-state index contributed by atoms with van der Waals surface area (Å²) in [5, 5.41) is 0. The lowest BCUT2D eigenvalue weighted by Crippen LogP contribution is -1.95. The lowest BCUT2D eigenvalue weighted by atomic mass is 9.94. The summed E-state index contributed by atoms with van der Waals surface area (Å²) < 4.78 is 0. The van der Waals surface area contributed by atoms with Gasteiger partial charge in [-0.25, -0.2) is 9.97 Å².